The minimum Gasteiger partial charge on any atom is -0.457 e. The van der Waals surface area contributed by atoms with E-state index in [0.29, 0.717) is 16.5 Å². The Morgan fingerprint density at radius 2 is 1.83 bits per heavy atom. The highest BCUT2D eigenvalue weighted by Crippen LogP contribution is 2.31. The molecule has 2 aromatic heterocycles. The first kappa shape index (κ1) is 19.5. The summed E-state index contributed by atoms with van der Waals surface area (Å²) in [6.07, 6.45) is 1.42. The quantitative estimate of drug-likeness (QED) is 0.623. The van der Waals surface area contributed by atoms with E-state index in [2.05, 4.69) is 4.98 Å². The van der Waals surface area contributed by atoms with Crippen LogP contribution in [0.25, 0.3) is 23.0 Å². The van der Waals surface area contributed by atoms with Gasteiger partial charge in [0.15, 0.2) is 0 Å². The van der Waals surface area contributed by atoms with Crippen LogP contribution in [0.3, 0.4) is 0 Å². The van der Waals surface area contributed by atoms with Crippen LogP contribution >= 0.6 is 11.6 Å². The van der Waals surface area contributed by atoms with Crippen LogP contribution in [0.4, 0.5) is 11.5 Å². The van der Waals surface area contributed by atoms with E-state index in [0.717, 1.165) is 11.1 Å². The van der Waals surface area contributed by atoms with Crippen molar-refractivity contribution in [1.82, 2.24) is 4.98 Å². The summed E-state index contributed by atoms with van der Waals surface area (Å²) in [5.41, 5.74) is 13.0. The number of nitrogens with two attached hydrogens (primary N) is 2. The molecule has 7 nitrogen and oxygen atoms in total. The highest BCUT2D eigenvalue weighted by atomic mass is 35.5. The van der Waals surface area contributed by atoms with Crippen molar-refractivity contribution >= 4 is 34.8 Å². The maximum Gasteiger partial charge on any atom is 0.144 e. The van der Waals surface area contributed by atoms with Crippen molar-refractivity contribution in [2.24, 2.45) is 0 Å². The molecule has 29 heavy (non-hydrogen) atoms. The zero-order chi connectivity index (χ0) is 21.1. The molecule has 3 rings (SSSR count). The smallest absolute Gasteiger partial charge is 0.144 e. The normalized spacial score (nSPS) is 10.8. The van der Waals surface area contributed by atoms with Gasteiger partial charge in [0, 0.05) is 16.7 Å². The Balaban J connectivity index is 2.08. The number of rotatable bonds is 3. The molecule has 0 spiro atoms. The molecule has 0 bridgehead atoms. The van der Waals surface area contributed by atoms with E-state index in [1.807, 2.05) is 31.2 Å². The first-order valence-electron chi connectivity index (χ1n) is 8.27. The lowest BCUT2D eigenvalue weighted by Gasteiger charge is -2.08. The Morgan fingerprint density at radius 1 is 1.10 bits per heavy atom. The van der Waals surface area contributed by atoms with E-state index in [4.69, 9.17) is 32.7 Å². The van der Waals surface area contributed by atoms with Gasteiger partial charge in [-0.05, 0) is 30.7 Å². The van der Waals surface area contributed by atoms with Crippen LogP contribution in [0.5, 0.6) is 0 Å². The van der Waals surface area contributed by atoms with Crippen LogP contribution in [0, 0.1) is 40.9 Å². The third-order valence-corrected chi connectivity index (χ3v) is 4.64. The second-order valence-electron chi connectivity index (χ2n) is 6.07. The van der Waals surface area contributed by atoms with Crippen molar-refractivity contribution < 1.29 is 4.42 Å². The molecule has 8 heteroatoms. The first-order valence-corrected chi connectivity index (χ1v) is 8.65. The molecule has 140 valence electrons. The Bertz CT molecular complexity index is 1280. The van der Waals surface area contributed by atoms with Crippen LogP contribution in [0.1, 0.15) is 28.1 Å². The van der Waals surface area contributed by atoms with Gasteiger partial charge in [-0.15, -0.1) is 0 Å². The number of nitriles is 3. The number of halogens is 1. The topological polar surface area (TPSA) is 149 Å². The summed E-state index contributed by atoms with van der Waals surface area (Å²) in [5.74, 6) is 0.762. The third kappa shape index (κ3) is 3.61. The maximum absolute atomic E-state index is 9.59. The van der Waals surface area contributed by atoms with Gasteiger partial charge in [0.1, 0.15) is 52.4 Å². The van der Waals surface area contributed by atoms with E-state index in [1.54, 1.807) is 24.3 Å². The summed E-state index contributed by atoms with van der Waals surface area (Å²) < 4.78 is 5.79. The Labute approximate surface area is 171 Å². The second-order valence-corrected chi connectivity index (χ2v) is 6.48. The fourth-order valence-corrected chi connectivity index (χ4v) is 2.86. The number of aryl methyl sites for hydroxylation is 1. The maximum atomic E-state index is 9.59. The predicted octanol–water partition coefficient (Wildman–Crippen LogP) is 4.28. The van der Waals surface area contributed by atoms with Crippen molar-refractivity contribution in [3.05, 3.63) is 63.5 Å². The fourth-order valence-electron chi connectivity index (χ4n) is 2.68. The number of hydrogen-bond acceptors (Lipinski definition) is 7. The van der Waals surface area contributed by atoms with Crippen molar-refractivity contribution in [3.63, 3.8) is 0 Å². The molecule has 0 aliphatic carbocycles. The van der Waals surface area contributed by atoms with Crippen LogP contribution in [-0.2, 0) is 0 Å². The monoisotopic (exact) mass is 400 g/mol. The fraction of sp³-hybridized carbons (Fsp3) is 0.0476. The molecule has 0 radical (unpaired) electrons. The Hall–Kier alpha value is -4.25. The summed E-state index contributed by atoms with van der Waals surface area (Å²) >= 11 is 6.16. The number of nitrogen functional groups attached to an aromatic ring is 2. The minimum absolute atomic E-state index is 0.0136. The molecule has 0 aliphatic rings. The van der Waals surface area contributed by atoms with Gasteiger partial charge < -0.3 is 15.9 Å². The number of allylic oxidation sites excluding steroid dienone is 1. The summed E-state index contributed by atoms with van der Waals surface area (Å²) in [6, 6.07) is 14.6. The summed E-state index contributed by atoms with van der Waals surface area (Å²) in [4.78, 5) is 4.03. The third-order valence-electron chi connectivity index (χ3n) is 4.23. The van der Waals surface area contributed by atoms with E-state index >= 15 is 0 Å². The van der Waals surface area contributed by atoms with Gasteiger partial charge in [-0.3, -0.25) is 0 Å². The zero-order valence-corrected chi connectivity index (χ0v) is 15.9. The highest BCUT2D eigenvalue weighted by Gasteiger charge is 2.19. The zero-order valence-electron chi connectivity index (χ0n) is 15.2. The predicted molar refractivity (Wildman–Crippen MR) is 110 cm³/mol. The average molecular weight is 401 g/mol. The number of hydrogen-bond donors (Lipinski definition) is 2. The molecule has 0 saturated heterocycles. The molecule has 1 aromatic carbocycles. The van der Waals surface area contributed by atoms with Gasteiger partial charge in [-0.1, -0.05) is 23.7 Å². The number of benzene rings is 1. The Morgan fingerprint density at radius 3 is 2.45 bits per heavy atom. The van der Waals surface area contributed by atoms with Crippen LogP contribution in [0.2, 0.25) is 5.02 Å². The van der Waals surface area contributed by atoms with Crippen LogP contribution in [-0.4, -0.2) is 4.98 Å². The van der Waals surface area contributed by atoms with E-state index in [-0.39, 0.29) is 33.9 Å². The number of furan rings is 1. The van der Waals surface area contributed by atoms with Crippen LogP contribution in [0.15, 0.2) is 34.7 Å². The number of pyridine rings is 1. The van der Waals surface area contributed by atoms with Gasteiger partial charge in [0.05, 0.1) is 11.3 Å². The van der Waals surface area contributed by atoms with Crippen molar-refractivity contribution in [2.75, 3.05) is 11.5 Å². The van der Waals surface area contributed by atoms with Crippen molar-refractivity contribution in [3.8, 4) is 29.5 Å². The van der Waals surface area contributed by atoms with Gasteiger partial charge in [-0.25, -0.2) is 4.98 Å². The molecule has 0 atom stereocenters. The molecule has 0 amide bonds. The Kier molecular flexibility index (Phi) is 5.23. The van der Waals surface area contributed by atoms with Gasteiger partial charge >= 0.3 is 0 Å². The number of aromatic nitrogens is 1. The number of anilines is 2. The summed E-state index contributed by atoms with van der Waals surface area (Å²) in [6.45, 7) is 1.90. The lowest BCUT2D eigenvalue weighted by atomic mass is 10.0. The van der Waals surface area contributed by atoms with E-state index in [1.165, 1.54) is 6.08 Å². The molecular formula is C21H13ClN6O. The van der Waals surface area contributed by atoms with E-state index < -0.39 is 0 Å². The lowest BCUT2D eigenvalue weighted by Crippen LogP contribution is -2.07. The standard InChI is InChI=1S/C21H13ClN6O/c1-11-2-3-12(7-17(11)22)18-5-4-14(29-18)6-13(8-23)20-15(9-24)19(26)16(10-25)21(27)28-20/h2-7H,1H3,(H4,26,27,28)/b13-6-. The first-order chi connectivity index (χ1) is 13.9. The van der Waals surface area contributed by atoms with Crippen LogP contribution < -0.4 is 11.5 Å². The summed E-state index contributed by atoms with van der Waals surface area (Å²) in [5, 5.41) is 28.8. The average Bonchev–Trinajstić information content (AvgIpc) is 3.17. The lowest BCUT2D eigenvalue weighted by molar-refractivity contribution is 0.572. The molecule has 3 aromatic rings. The van der Waals surface area contributed by atoms with Gasteiger partial charge in [0.25, 0.3) is 0 Å². The molecular weight excluding hydrogens is 388 g/mol. The molecule has 0 aliphatic heterocycles. The van der Waals surface area contributed by atoms with Gasteiger partial charge in [0.2, 0.25) is 0 Å². The van der Waals surface area contributed by atoms with E-state index in [9.17, 15) is 10.5 Å². The number of nitrogens with zero attached hydrogens (tertiary/aromatic N) is 4. The molecule has 4 N–H and O–H groups in total. The largest absolute Gasteiger partial charge is 0.457 e. The summed E-state index contributed by atoms with van der Waals surface area (Å²) in [7, 11) is 0. The molecule has 2 heterocycles. The highest BCUT2D eigenvalue weighted by molar-refractivity contribution is 6.31. The van der Waals surface area contributed by atoms with Crippen molar-refractivity contribution in [2.45, 2.75) is 6.92 Å². The second kappa shape index (κ2) is 7.78. The SMILES string of the molecule is Cc1ccc(-c2ccc(/C=C(/C#N)c3nc(N)c(C#N)c(N)c3C#N)o2)cc1Cl. The van der Waals surface area contributed by atoms with Gasteiger partial charge in [-0.2, -0.15) is 15.8 Å². The van der Waals surface area contributed by atoms with Crippen molar-refractivity contribution in [1.29, 1.82) is 15.8 Å². The molecule has 0 fully saturated rings. The molecule has 0 saturated carbocycles. The minimum atomic E-state index is -0.158. The molecule has 0 unspecified atom stereocenters.